The molecular weight excluding hydrogens is 254 g/mol. The van der Waals surface area contributed by atoms with Crippen molar-refractivity contribution in [3.63, 3.8) is 0 Å². The Bertz CT molecular complexity index is 679. The number of hydrogen-bond acceptors (Lipinski definition) is 3. The Balaban J connectivity index is 2.27. The van der Waals surface area contributed by atoms with Crippen LogP contribution < -0.4 is 0 Å². The minimum atomic E-state index is -1.10. The van der Waals surface area contributed by atoms with Gasteiger partial charge in [0.25, 0.3) is 0 Å². The van der Waals surface area contributed by atoms with Crippen LogP contribution in [0, 0.1) is 25.2 Å². The Morgan fingerprint density at radius 2 is 2.10 bits per heavy atom. The molecule has 2 aromatic rings. The Morgan fingerprint density at radius 1 is 1.35 bits per heavy atom. The minimum absolute atomic E-state index is 0.0994. The van der Waals surface area contributed by atoms with Gasteiger partial charge < -0.3 is 9.52 Å². The molecule has 0 amide bonds. The number of nitrogens with zero attached hydrogens (tertiary/aromatic N) is 1. The third kappa shape index (κ3) is 2.89. The number of benzene rings is 1. The second-order valence-electron chi connectivity index (χ2n) is 4.82. The van der Waals surface area contributed by atoms with Crippen LogP contribution >= 0.6 is 0 Å². The molecule has 0 fully saturated rings. The van der Waals surface area contributed by atoms with Gasteiger partial charge in [-0.05, 0) is 37.1 Å². The second-order valence-corrected chi connectivity index (χ2v) is 4.82. The summed E-state index contributed by atoms with van der Waals surface area (Å²) in [6.45, 7) is 3.94. The number of nitriles is 1. The highest BCUT2D eigenvalue weighted by Crippen LogP contribution is 2.25. The fourth-order valence-corrected chi connectivity index (χ4v) is 2.16. The van der Waals surface area contributed by atoms with Gasteiger partial charge in [0.05, 0.1) is 12.0 Å². The summed E-state index contributed by atoms with van der Waals surface area (Å²) in [6, 6.07) is 11.3. The maximum atomic E-state index is 10.8. The van der Waals surface area contributed by atoms with Crippen LogP contribution in [0.4, 0.5) is 0 Å². The van der Waals surface area contributed by atoms with Gasteiger partial charge >= 0.3 is 5.97 Å². The van der Waals surface area contributed by atoms with Crippen molar-refractivity contribution in [2.75, 3.05) is 0 Å². The highest BCUT2D eigenvalue weighted by Gasteiger charge is 2.17. The van der Waals surface area contributed by atoms with Crippen molar-refractivity contribution in [3.05, 3.63) is 58.5 Å². The van der Waals surface area contributed by atoms with E-state index in [1.165, 1.54) is 6.07 Å². The van der Waals surface area contributed by atoms with E-state index in [1.54, 1.807) is 6.07 Å². The van der Waals surface area contributed by atoms with Crippen molar-refractivity contribution in [2.24, 2.45) is 0 Å². The van der Waals surface area contributed by atoms with E-state index in [0.29, 0.717) is 12.2 Å². The molecule has 1 N–H and O–H groups in total. The summed E-state index contributed by atoms with van der Waals surface area (Å²) in [7, 11) is 0. The maximum absolute atomic E-state index is 10.8. The largest absolute Gasteiger partial charge is 0.475 e. The van der Waals surface area contributed by atoms with Crippen molar-refractivity contribution in [1.82, 2.24) is 0 Å². The second kappa shape index (κ2) is 5.62. The predicted molar refractivity (Wildman–Crippen MR) is 73.6 cm³/mol. The molecule has 0 saturated heterocycles. The Kier molecular flexibility index (Phi) is 3.90. The highest BCUT2D eigenvalue weighted by molar-refractivity contribution is 5.84. The zero-order valence-electron chi connectivity index (χ0n) is 11.4. The van der Waals surface area contributed by atoms with Crippen LogP contribution in [0.2, 0.25) is 0 Å². The first-order chi connectivity index (χ1) is 9.51. The quantitative estimate of drug-likeness (QED) is 0.922. The summed E-state index contributed by atoms with van der Waals surface area (Å²) in [5, 5.41) is 18.2. The van der Waals surface area contributed by atoms with Gasteiger partial charge in [-0.2, -0.15) is 5.26 Å². The molecule has 0 bridgehead atoms. The van der Waals surface area contributed by atoms with E-state index in [2.05, 4.69) is 6.07 Å². The number of carboxylic acid groups (broad SMARTS) is 1. The van der Waals surface area contributed by atoms with Gasteiger partial charge in [-0.3, -0.25) is 0 Å². The number of rotatable bonds is 4. The molecule has 1 atom stereocenters. The van der Waals surface area contributed by atoms with E-state index in [-0.39, 0.29) is 11.7 Å². The lowest BCUT2D eigenvalue weighted by atomic mass is 9.91. The van der Waals surface area contributed by atoms with E-state index >= 15 is 0 Å². The molecule has 1 aromatic heterocycles. The lowest BCUT2D eigenvalue weighted by Gasteiger charge is -2.12. The van der Waals surface area contributed by atoms with E-state index < -0.39 is 5.97 Å². The van der Waals surface area contributed by atoms with E-state index in [0.717, 1.165) is 16.7 Å². The van der Waals surface area contributed by atoms with Crippen LogP contribution in [-0.2, 0) is 6.42 Å². The molecule has 4 heteroatoms. The monoisotopic (exact) mass is 269 g/mol. The van der Waals surface area contributed by atoms with Gasteiger partial charge in [-0.25, -0.2) is 4.79 Å². The standard InChI is InChI=1S/C16H15NO3/c1-10-3-4-11(2)14(7-10)12(9-17)8-13-5-6-15(20-13)16(18)19/h3-7,12H,8H2,1-2H3,(H,18,19). The molecule has 1 heterocycles. The van der Waals surface area contributed by atoms with Crippen LogP contribution in [0.15, 0.2) is 34.7 Å². The van der Waals surface area contributed by atoms with Crippen molar-refractivity contribution in [2.45, 2.75) is 26.2 Å². The molecule has 1 unspecified atom stereocenters. The van der Waals surface area contributed by atoms with Crippen molar-refractivity contribution in [3.8, 4) is 6.07 Å². The summed E-state index contributed by atoms with van der Waals surface area (Å²) in [5.41, 5.74) is 3.10. The number of carbonyl (C=O) groups is 1. The Morgan fingerprint density at radius 3 is 2.70 bits per heavy atom. The molecule has 0 aliphatic rings. The zero-order chi connectivity index (χ0) is 14.7. The van der Waals surface area contributed by atoms with E-state index in [9.17, 15) is 10.1 Å². The first-order valence-electron chi connectivity index (χ1n) is 6.30. The van der Waals surface area contributed by atoms with Crippen molar-refractivity contribution >= 4 is 5.97 Å². The number of carboxylic acids is 1. The van der Waals surface area contributed by atoms with Crippen LogP contribution in [0.3, 0.4) is 0 Å². The van der Waals surface area contributed by atoms with Gasteiger partial charge in [0.15, 0.2) is 0 Å². The van der Waals surface area contributed by atoms with Crippen LogP contribution in [-0.4, -0.2) is 11.1 Å². The third-order valence-corrected chi connectivity index (χ3v) is 3.24. The number of furan rings is 1. The molecular formula is C16H15NO3. The van der Waals surface area contributed by atoms with E-state index in [1.807, 2.05) is 32.0 Å². The summed E-state index contributed by atoms with van der Waals surface area (Å²) in [6.07, 6.45) is 0.369. The lowest BCUT2D eigenvalue weighted by Crippen LogP contribution is -2.03. The Labute approximate surface area is 117 Å². The summed E-state index contributed by atoms with van der Waals surface area (Å²) >= 11 is 0. The predicted octanol–water partition coefficient (Wildman–Crippen LogP) is 3.44. The SMILES string of the molecule is Cc1ccc(C)c(C(C#N)Cc2ccc(C(=O)O)o2)c1. The van der Waals surface area contributed by atoms with Crippen LogP contribution in [0.5, 0.6) is 0 Å². The molecule has 0 aliphatic heterocycles. The normalized spacial score (nSPS) is 11.8. The lowest BCUT2D eigenvalue weighted by molar-refractivity contribution is 0.0660. The molecule has 0 radical (unpaired) electrons. The van der Waals surface area contributed by atoms with Crippen LogP contribution in [0.25, 0.3) is 0 Å². The first-order valence-corrected chi connectivity index (χ1v) is 6.30. The topological polar surface area (TPSA) is 74.2 Å². The smallest absolute Gasteiger partial charge is 0.371 e. The number of hydrogen-bond donors (Lipinski definition) is 1. The van der Waals surface area contributed by atoms with Crippen molar-refractivity contribution < 1.29 is 14.3 Å². The molecule has 1 aromatic carbocycles. The molecule has 20 heavy (non-hydrogen) atoms. The highest BCUT2D eigenvalue weighted by atomic mass is 16.4. The summed E-state index contributed by atoms with van der Waals surface area (Å²) in [5.74, 6) is -1.04. The van der Waals surface area contributed by atoms with Gasteiger partial charge in [-0.1, -0.05) is 23.8 Å². The van der Waals surface area contributed by atoms with Gasteiger partial charge in [0, 0.05) is 6.42 Å². The minimum Gasteiger partial charge on any atom is -0.475 e. The zero-order valence-corrected chi connectivity index (χ0v) is 11.4. The average molecular weight is 269 g/mol. The molecule has 0 spiro atoms. The van der Waals surface area contributed by atoms with Gasteiger partial charge in [-0.15, -0.1) is 0 Å². The maximum Gasteiger partial charge on any atom is 0.371 e. The number of aromatic carboxylic acids is 1. The number of aryl methyl sites for hydroxylation is 2. The summed E-state index contributed by atoms with van der Waals surface area (Å²) < 4.78 is 5.22. The summed E-state index contributed by atoms with van der Waals surface area (Å²) in [4.78, 5) is 10.8. The first kappa shape index (κ1) is 13.9. The molecule has 2 rings (SSSR count). The third-order valence-electron chi connectivity index (χ3n) is 3.24. The Hall–Kier alpha value is -2.54. The molecule has 0 saturated carbocycles. The van der Waals surface area contributed by atoms with E-state index in [4.69, 9.17) is 9.52 Å². The molecule has 0 aliphatic carbocycles. The molecule has 102 valence electrons. The molecule has 4 nitrogen and oxygen atoms in total. The van der Waals surface area contributed by atoms with Gasteiger partial charge in [0.2, 0.25) is 5.76 Å². The fraction of sp³-hybridized carbons (Fsp3) is 0.250. The fourth-order valence-electron chi connectivity index (χ4n) is 2.16. The average Bonchev–Trinajstić information content (AvgIpc) is 2.88. The van der Waals surface area contributed by atoms with Crippen molar-refractivity contribution in [1.29, 1.82) is 5.26 Å². The van der Waals surface area contributed by atoms with Crippen LogP contribution in [0.1, 0.15) is 38.9 Å². The van der Waals surface area contributed by atoms with Gasteiger partial charge in [0.1, 0.15) is 5.76 Å².